The molecule has 1 aromatic rings. The van der Waals surface area contributed by atoms with Crippen LogP contribution in [0.25, 0.3) is 0 Å². The highest BCUT2D eigenvalue weighted by molar-refractivity contribution is 8.00. The van der Waals surface area contributed by atoms with Crippen LogP contribution in [0.1, 0.15) is 33.4 Å². The quantitative estimate of drug-likeness (QED) is 0.629. The molecule has 5 heteroatoms. The summed E-state index contributed by atoms with van der Waals surface area (Å²) in [7, 11) is 0. The fraction of sp³-hybridized carbons (Fsp3) is 0.692. The van der Waals surface area contributed by atoms with Crippen molar-refractivity contribution >= 4 is 23.5 Å². The first-order chi connectivity index (χ1) is 8.52. The van der Waals surface area contributed by atoms with Gasteiger partial charge in [0, 0.05) is 24.0 Å². The summed E-state index contributed by atoms with van der Waals surface area (Å²) in [6.45, 7) is 9.24. The van der Waals surface area contributed by atoms with Crippen LogP contribution in [0.2, 0.25) is 0 Å². The van der Waals surface area contributed by atoms with E-state index in [0.717, 1.165) is 27.9 Å². The molecule has 0 bridgehead atoms. The van der Waals surface area contributed by atoms with Crippen molar-refractivity contribution in [2.75, 3.05) is 5.75 Å². The lowest BCUT2D eigenvalue weighted by atomic mass is 10.2. The maximum absolute atomic E-state index is 12.4. The number of hydrogen-bond acceptors (Lipinski definition) is 4. The number of rotatable bonds is 4. The Morgan fingerprint density at radius 3 is 2.89 bits per heavy atom. The van der Waals surface area contributed by atoms with E-state index in [-0.39, 0.29) is 5.56 Å². The monoisotopic (exact) mass is 284 g/mol. The lowest BCUT2D eigenvalue weighted by molar-refractivity contribution is 0.594. The Kier molecular flexibility index (Phi) is 4.43. The Hall–Kier alpha value is -0.420. The molecule has 100 valence electrons. The van der Waals surface area contributed by atoms with Crippen molar-refractivity contribution in [1.29, 1.82) is 0 Å². The summed E-state index contributed by atoms with van der Waals surface area (Å²) in [4.78, 5) is 18.0. The molecule has 0 aromatic carbocycles. The molecule has 1 aromatic heterocycles. The average Bonchev–Trinajstić information content (AvgIpc) is 2.67. The smallest absolute Gasteiger partial charge is 0.268 e. The molecule has 0 aliphatic carbocycles. The highest BCUT2D eigenvalue weighted by Crippen LogP contribution is 2.34. The zero-order valence-electron chi connectivity index (χ0n) is 11.4. The van der Waals surface area contributed by atoms with Gasteiger partial charge in [-0.2, -0.15) is 0 Å². The zero-order valence-corrected chi connectivity index (χ0v) is 13.0. The van der Waals surface area contributed by atoms with Gasteiger partial charge < -0.3 is 0 Å². The van der Waals surface area contributed by atoms with Gasteiger partial charge in [0.15, 0.2) is 5.16 Å². The van der Waals surface area contributed by atoms with Gasteiger partial charge in [0.2, 0.25) is 0 Å². The van der Waals surface area contributed by atoms with E-state index in [2.05, 4.69) is 20.8 Å². The molecule has 2 rings (SSSR count). The zero-order chi connectivity index (χ0) is 13.3. The Morgan fingerprint density at radius 2 is 2.28 bits per heavy atom. The van der Waals surface area contributed by atoms with Crippen molar-refractivity contribution in [3.05, 3.63) is 16.0 Å². The van der Waals surface area contributed by atoms with Gasteiger partial charge in [0.25, 0.3) is 5.56 Å². The minimum absolute atomic E-state index is 0.156. The number of aromatic nitrogens is 2. The molecule has 18 heavy (non-hydrogen) atoms. The Bertz CT molecular complexity index is 496. The molecule has 0 spiro atoms. The van der Waals surface area contributed by atoms with Crippen LogP contribution in [0, 0.1) is 5.92 Å². The topological polar surface area (TPSA) is 34.9 Å². The predicted molar refractivity (Wildman–Crippen MR) is 78.8 cm³/mol. The Labute approximate surface area is 117 Å². The van der Waals surface area contributed by atoms with E-state index >= 15 is 0 Å². The van der Waals surface area contributed by atoms with Crippen molar-refractivity contribution in [3.8, 4) is 0 Å². The molecule has 1 aliphatic rings. The van der Waals surface area contributed by atoms with Crippen molar-refractivity contribution in [3.63, 3.8) is 0 Å². The third-order valence-electron chi connectivity index (χ3n) is 2.82. The number of fused-ring (bicyclic) bond motifs is 1. The van der Waals surface area contributed by atoms with E-state index in [0.29, 0.717) is 17.7 Å². The highest BCUT2D eigenvalue weighted by atomic mass is 32.2. The first-order valence-electron chi connectivity index (χ1n) is 6.46. The van der Waals surface area contributed by atoms with E-state index in [9.17, 15) is 4.79 Å². The first kappa shape index (κ1) is 14.0. The molecule has 1 aliphatic heterocycles. The molecule has 0 N–H and O–H groups in total. The maximum atomic E-state index is 12.4. The van der Waals surface area contributed by atoms with Crippen LogP contribution < -0.4 is 5.56 Å². The minimum Gasteiger partial charge on any atom is -0.287 e. The van der Waals surface area contributed by atoms with Crippen molar-refractivity contribution in [2.24, 2.45) is 5.92 Å². The van der Waals surface area contributed by atoms with Crippen LogP contribution in [0.15, 0.2) is 14.8 Å². The molecule has 2 heterocycles. The lowest BCUT2D eigenvalue weighted by Gasteiger charge is -2.12. The van der Waals surface area contributed by atoms with Gasteiger partial charge in [0.05, 0.1) is 10.6 Å². The summed E-state index contributed by atoms with van der Waals surface area (Å²) >= 11 is 3.38. The molecule has 0 saturated heterocycles. The molecule has 1 unspecified atom stereocenters. The van der Waals surface area contributed by atoms with E-state index in [1.165, 1.54) is 0 Å². The van der Waals surface area contributed by atoms with Crippen molar-refractivity contribution < 1.29 is 0 Å². The van der Waals surface area contributed by atoms with Crippen LogP contribution in [0.4, 0.5) is 0 Å². The number of nitrogens with zero attached hydrogens (tertiary/aromatic N) is 2. The van der Waals surface area contributed by atoms with Crippen LogP contribution in [0.3, 0.4) is 0 Å². The summed E-state index contributed by atoms with van der Waals surface area (Å²) in [5.41, 5.74) is 1.16. The van der Waals surface area contributed by atoms with E-state index in [1.54, 1.807) is 23.5 Å². The van der Waals surface area contributed by atoms with Gasteiger partial charge in [-0.05, 0) is 12.8 Å². The SMILES string of the molecule is CCn1c(SCC(C)C)nc2c(c1=O)SC(C)C2. The molecular weight excluding hydrogens is 264 g/mol. The van der Waals surface area contributed by atoms with Gasteiger partial charge in [-0.1, -0.05) is 32.5 Å². The summed E-state index contributed by atoms with van der Waals surface area (Å²) < 4.78 is 1.82. The first-order valence-corrected chi connectivity index (χ1v) is 8.32. The normalized spacial score (nSPS) is 18.4. The Balaban J connectivity index is 2.38. The standard InChI is InChI=1S/C13H20N2OS2/c1-5-15-12(16)11-10(6-9(4)18-11)14-13(15)17-7-8(2)3/h8-9H,5-7H2,1-4H3. The van der Waals surface area contributed by atoms with Crippen LogP contribution in [-0.4, -0.2) is 20.6 Å². The fourth-order valence-corrected chi connectivity index (χ4v) is 4.11. The number of thioether (sulfide) groups is 2. The van der Waals surface area contributed by atoms with E-state index < -0.39 is 0 Å². The van der Waals surface area contributed by atoms with E-state index in [1.807, 2.05) is 11.5 Å². The van der Waals surface area contributed by atoms with Gasteiger partial charge >= 0.3 is 0 Å². The summed E-state index contributed by atoms with van der Waals surface area (Å²) in [5, 5.41) is 1.38. The predicted octanol–water partition coefficient (Wildman–Crippen LogP) is 3.05. The van der Waals surface area contributed by atoms with Gasteiger partial charge in [-0.15, -0.1) is 11.8 Å². The second kappa shape index (κ2) is 5.70. The summed E-state index contributed by atoms with van der Waals surface area (Å²) in [6, 6.07) is 0. The van der Waals surface area contributed by atoms with Crippen molar-refractivity contribution in [2.45, 2.75) is 56.0 Å². The second-order valence-electron chi connectivity index (χ2n) is 5.06. The molecule has 0 fully saturated rings. The van der Waals surface area contributed by atoms with Crippen molar-refractivity contribution in [1.82, 2.24) is 9.55 Å². The van der Waals surface area contributed by atoms with E-state index in [4.69, 9.17) is 4.98 Å². The average molecular weight is 284 g/mol. The van der Waals surface area contributed by atoms with Crippen LogP contribution in [0.5, 0.6) is 0 Å². The molecular formula is C13H20N2OS2. The molecule has 3 nitrogen and oxygen atoms in total. The minimum atomic E-state index is 0.156. The largest absolute Gasteiger partial charge is 0.287 e. The lowest BCUT2D eigenvalue weighted by Crippen LogP contribution is -2.24. The number of hydrogen-bond donors (Lipinski definition) is 0. The molecule has 0 amide bonds. The maximum Gasteiger partial charge on any atom is 0.268 e. The summed E-state index contributed by atoms with van der Waals surface area (Å²) in [5.74, 6) is 1.62. The van der Waals surface area contributed by atoms with Gasteiger partial charge in [-0.3, -0.25) is 9.36 Å². The fourth-order valence-electron chi connectivity index (χ4n) is 1.96. The third kappa shape index (κ3) is 2.77. The van der Waals surface area contributed by atoms with Crippen LogP contribution in [-0.2, 0) is 13.0 Å². The molecule has 0 saturated carbocycles. The van der Waals surface area contributed by atoms with Crippen LogP contribution >= 0.6 is 23.5 Å². The van der Waals surface area contributed by atoms with Gasteiger partial charge in [0.1, 0.15) is 0 Å². The van der Waals surface area contributed by atoms with Gasteiger partial charge in [-0.25, -0.2) is 4.98 Å². The summed E-state index contributed by atoms with van der Waals surface area (Å²) in [6.07, 6.45) is 0.926. The molecule has 0 radical (unpaired) electrons. The highest BCUT2D eigenvalue weighted by Gasteiger charge is 2.25. The Morgan fingerprint density at radius 1 is 1.56 bits per heavy atom. The molecule has 1 atom stereocenters. The second-order valence-corrected chi connectivity index (χ2v) is 7.49. The third-order valence-corrected chi connectivity index (χ3v) is 5.44.